The Kier molecular flexibility index (Phi) is 9.15. The first kappa shape index (κ1) is 41.1. The number of aromatic nitrogens is 9. The number of fused-ring (bicyclic) bond motifs is 3. The molecule has 5 aromatic heterocycles. The van der Waals surface area contributed by atoms with Crippen LogP contribution in [0.4, 0.5) is 8.78 Å². The summed E-state index contributed by atoms with van der Waals surface area (Å²) in [6.45, 7) is 10.3. The van der Waals surface area contributed by atoms with Gasteiger partial charge in [-0.25, -0.2) is 23.1 Å². The van der Waals surface area contributed by atoms with Crippen molar-refractivity contribution in [3.05, 3.63) is 139 Å². The third-order valence-electron chi connectivity index (χ3n) is 13.8. The maximum absolute atomic E-state index is 16.1. The molecular formula is C47H45ClF2N10O5. The van der Waals surface area contributed by atoms with Crippen molar-refractivity contribution in [3.63, 3.8) is 0 Å². The number of aromatic amines is 1. The lowest BCUT2D eigenvalue weighted by atomic mass is 9.83. The SMILES string of the molecule is Cc1cc(-n2nc3c(c2-n2ccn(-c4ccc5c(cnn5C)c4F)c2=O)[C@H](Cl)N(C(=O)c2cc4cc([C@H]5CCOC(C)(C)C5)ccc4n2[C@@]2(c4noc(=O)[nH]4)C[C@@H]2C)CC3)cc(C)c1F. The number of benzene rings is 3. The van der Waals surface area contributed by atoms with E-state index in [4.69, 9.17) is 26.0 Å². The minimum absolute atomic E-state index is 0.00934. The Balaban J connectivity index is 1.06. The van der Waals surface area contributed by atoms with Crippen molar-refractivity contribution in [1.82, 2.24) is 48.3 Å². The average molecular weight is 903 g/mol. The smallest absolute Gasteiger partial charge is 0.376 e. The van der Waals surface area contributed by atoms with Gasteiger partial charge in [0, 0.05) is 49.9 Å². The number of amides is 1. The molecule has 7 heterocycles. The monoisotopic (exact) mass is 902 g/mol. The second kappa shape index (κ2) is 14.5. The second-order valence-corrected chi connectivity index (χ2v) is 18.9. The van der Waals surface area contributed by atoms with E-state index in [0.717, 1.165) is 29.3 Å². The third-order valence-corrected chi connectivity index (χ3v) is 14.3. The van der Waals surface area contributed by atoms with E-state index in [1.54, 1.807) is 48.7 Å². The highest BCUT2D eigenvalue weighted by molar-refractivity contribution is 6.22. The van der Waals surface area contributed by atoms with Crippen LogP contribution in [0.3, 0.4) is 0 Å². The molecule has 2 fully saturated rings. The van der Waals surface area contributed by atoms with Gasteiger partial charge in [-0.2, -0.15) is 10.2 Å². The van der Waals surface area contributed by atoms with Crippen LogP contribution in [0, 0.1) is 31.4 Å². The van der Waals surface area contributed by atoms with Gasteiger partial charge in [0.15, 0.2) is 17.5 Å². The summed E-state index contributed by atoms with van der Waals surface area (Å²) in [4.78, 5) is 46.8. The summed E-state index contributed by atoms with van der Waals surface area (Å²) in [5.41, 5.74) is 1.94. The minimum Gasteiger partial charge on any atom is -0.376 e. The molecule has 15 nitrogen and oxygen atoms in total. The van der Waals surface area contributed by atoms with Crippen molar-refractivity contribution in [1.29, 1.82) is 0 Å². The first-order valence-electron chi connectivity index (χ1n) is 21.7. The van der Waals surface area contributed by atoms with E-state index in [-0.39, 0.29) is 53.1 Å². The Morgan fingerprint density at radius 2 is 1.71 bits per heavy atom. The quantitative estimate of drug-likeness (QED) is 0.127. The number of aryl methyl sites for hydroxylation is 3. The number of nitrogens with zero attached hydrogens (tertiary/aromatic N) is 9. The first-order valence-corrected chi connectivity index (χ1v) is 22.1. The van der Waals surface area contributed by atoms with E-state index < -0.39 is 34.2 Å². The second-order valence-electron chi connectivity index (χ2n) is 18.4. The summed E-state index contributed by atoms with van der Waals surface area (Å²) < 4.78 is 49.8. The maximum Gasteiger partial charge on any atom is 0.438 e. The lowest BCUT2D eigenvalue weighted by molar-refractivity contribution is -0.0592. The van der Waals surface area contributed by atoms with Gasteiger partial charge in [-0.15, -0.1) is 0 Å². The molecule has 1 aliphatic carbocycles. The number of nitrogens with one attached hydrogen (secondary N) is 1. The molecule has 1 saturated heterocycles. The third kappa shape index (κ3) is 6.21. The minimum atomic E-state index is -1.16. The van der Waals surface area contributed by atoms with Gasteiger partial charge >= 0.3 is 11.4 Å². The molecule has 0 spiro atoms. The molecule has 11 rings (SSSR count). The Bertz CT molecular complexity index is 3380. The largest absolute Gasteiger partial charge is 0.438 e. The molecule has 18 heteroatoms. The molecule has 0 radical (unpaired) electrons. The summed E-state index contributed by atoms with van der Waals surface area (Å²) in [6.07, 6.45) is 6.90. The number of rotatable bonds is 7. The molecule has 1 amide bonds. The Morgan fingerprint density at radius 3 is 2.42 bits per heavy atom. The zero-order valence-electron chi connectivity index (χ0n) is 36.5. The molecule has 334 valence electrons. The zero-order valence-corrected chi connectivity index (χ0v) is 37.3. The Labute approximate surface area is 374 Å². The lowest BCUT2D eigenvalue weighted by Gasteiger charge is -2.35. The number of ether oxygens (including phenoxy) is 1. The van der Waals surface area contributed by atoms with Gasteiger partial charge in [0.25, 0.3) is 5.91 Å². The van der Waals surface area contributed by atoms with Crippen LogP contribution in [-0.4, -0.2) is 73.0 Å². The van der Waals surface area contributed by atoms with Gasteiger partial charge < -0.3 is 14.2 Å². The van der Waals surface area contributed by atoms with E-state index in [1.807, 2.05) is 23.6 Å². The van der Waals surface area contributed by atoms with Crippen molar-refractivity contribution in [3.8, 4) is 17.2 Å². The van der Waals surface area contributed by atoms with Crippen LogP contribution in [0.15, 0.2) is 81.2 Å². The first-order chi connectivity index (χ1) is 31.1. The van der Waals surface area contributed by atoms with Gasteiger partial charge in [0.1, 0.15) is 22.6 Å². The van der Waals surface area contributed by atoms with Crippen LogP contribution in [-0.2, 0) is 23.7 Å². The van der Waals surface area contributed by atoms with Crippen LogP contribution in [0.2, 0.25) is 0 Å². The fraction of sp³-hybridized carbons (Fsp3) is 0.362. The molecule has 3 aromatic carbocycles. The average Bonchev–Trinajstić information content (AvgIpc) is 3.90. The highest BCUT2D eigenvalue weighted by Gasteiger charge is 2.59. The van der Waals surface area contributed by atoms with Gasteiger partial charge in [-0.05, 0) is 118 Å². The number of H-pyrrole nitrogens is 1. The van der Waals surface area contributed by atoms with E-state index in [9.17, 15) is 9.59 Å². The number of hydrogen-bond acceptors (Lipinski definition) is 8. The van der Waals surface area contributed by atoms with Gasteiger partial charge in [-0.1, -0.05) is 29.7 Å². The van der Waals surface area contributed by atoms with Gasteiger partial charge in [0.05, 0.1) is 45.3 Å². The van der Waals surface area contributed by atoms with Gasteiger partial charge in [0.2, 0.25) is 0 Å². The number of alkyl halides is 1. The van der Waals surface area contributed by atoms with Crippen LogP contribution in [0.1, 0.15) is 95.7 Å². The fourth-order valence-corrected chi connectivity index (χ4v) is 10.9. The summed E-state index contributed by atoms with van der Waals surface area (Å²) in [6, 6.07) is 14.6. The Hall–Kier alpha value is -6.59. The molecule has 1 N–H and O–H groups in total. The molecule has 8 aromatic rings. The highest BCUT2D eigenvalue weighted by atomic mass is 35.5. The number of imidazole rings is 1. The highest BCUT2D eigenvalue weighted by Crippen LogP contribution is 2.56. The number of carbonyl (C=O) groups is 1. The van der Waals surface area contributed by atoms with Crippen LogP contribution in [0.25, 0.3) is 39.0 Å². The number of halogens is 3. The predicted molar refractivity (Wildman–Crippen MR) is 237 cm³/mol. The van der Waals surface area contributed by atoms with E-state index in [2.05, 4.69) is 41.2 Å². The molecule has 1 saturated carbocycles. The lowest BCUT2D eigenvalue weighted by Crippen LogP contribution is -2.40. The zero-order chi connectivity index (χ0) is 45.4. The van der Waals surface area contributed by atoms with Crippen LogP contribution < -0.4 is 11.4 Å². The normalized spacial score (nSPS) is 21.7. The molecule has 2 aliphatic heterocycles. The number of carbonyl (C=O) groups excluding carboxylic acids is 1. The van der Waals surface area contributed by atoms with E-state index >= 15 is 13.6 Å². The molecule has 3 aliphatic rings. The van der Waals surface area contributed by atoms with Crippen molar-refractivity contribution in [2.45, 2.75) is 82.9 Å². The fourth-order valence-electron chi connectivity index (χ4n) is 10.5. The van der Waals surface area contributed by atoms with Crippen LogP contribution >= 0.6 is 11.6 Å². The molecule has 0 unspecified atom stereocenters. The molecule has 4 atom stereocenters. The molecule has 65 heavy (non-hydrogen) atoms. The van der Waals surface area contributed by atoms with E-state index in [0.29, 0.717) is 58.1 Å². The van der Waals surface area contributed by atoms with Crippen molar-refractivity contribution < 1.29 is 22.8 Å². The summed E-state index contributed by atoms with van der Waals surface area (Å²) in [5.74, 6) is -1.35. The number of hydrogen-bond donors (Lipinski definition) is 1. The molecule has 0 bridgehead atoms. The van der Waals surface area contributed by atoms with Crippen molar-refractivity contribution in [2.75, 3.05) is 13.2 Å². The summed E-state index contributed by atoms with van der Waals surface area (Å²) in [5, 5.41) is 14.4. The predicted octanol–water partition coefficient (Wildman–Crippen LogP) is 7.62. The summed E-state index contributed by atoms with van der Waals surface area (Å²) >= 11 is 7.56. The summed E-state index contributed by atoms with van der Waals surface area (Å²) in [7, 11) is 1.71. The van der Waals surface area contributed by atoms with Crippen molar-refractivity contribution >= 4 is 39.3 Å². The standard InChI is InChI=1S/C47H45ClF2N10O5/c1-24-17-30(18-25(2)38(24)49)60-41(58-15-14-56(45(58)63)35-10-9-34-31(39(35)50)23-51-55(34)6)37-32(53-60)11-13-57(40(37)48)42(61)36-20-29-19-27(28-12-16-64-46(4,5)22-28)7-8-33(29)59(36)47(21-26(47)3)43-52-44(62)65-54-43/h7-10,14-15,17-20,23,26,28,40H,11-13,16,21-22H2,1-6H3,(H,52,54,62)/t26-,28-,40+,47-/m0/s1. The van der Waals surface area contributed by atoms with Crippen LogP contribution in [0.5, 0.6) is 0 Å². The van der Waals surface area contributed by atoms with Crippen molar-refractivity contribution in [2.24, 2.45) is 13.0 Å². The van der Waals surface area contributed by atoms with Gasteiger partial charge in [-0.3, -0.25) is 28.1 Å². The topological polar surface area (TPSA) is 156 Å². The Morgan fingerprint density at radius 1 is 0.969 bits per heavy atom. The molecular weight excluding hydrogens is 858 g/mol. The maximum atomic E-state index is 16.1. The van der Waals surface area contributed by atoms with E-state index in [1.165, 1.54) is 38.5 Å².